The minimum absolute atomic E-state index is 0.0141. The minimum atomic E-state index is -3.73. The number of urea groups is 1. The number of likely N-dealkylation sites (tertiary alicyclic amines) is 1. The Labute approximate surface area is 293 Å². The van der Waals surface area contributed by atoms with Crippen LogP contribution in [-0.2, 0) is 29.4 Å². The summed E-state index contributed by atoms with van der Waals surface area (Å²) in [6, 6.07) is -3.93. The smallest absolute Gasteiger partial charge is 0.315 e. The first kappa shape index (κ1) is 40.6. The number of nitrogens with one attached hydrogen (secondary N) is 4. The highest BCUT2D eigenvalue weighted by molar-refractivity contribution is 7.86. The van der Waals surface area contributed by atoms with Crippen molar-refractivity contribution in [2.24, 2.45) is 28.6 Å². The SMILES string of the molecule is CCCC(NC(=O)[C@@H]1[C@@H]2[C@H](CN1C(=O)[C@@H](NC(=O)N[C@H](CN(C)S(=O)(=O)N(C)C)C(C)(C)C)C1CCCCC1)C2(C)C)C(=O)C(=O)NCC. The van der Waals surface area contributed by atoms with Gasteiger partial charge in [-0.1, -0.05) is 67.2 Å². The second kappa shape index (κ2) is 16.1. The molecule has 14 nitrogen and oxygen atoms in total. The Bertz CT molecular complexity index is 1340. The number of likely N-dealkylation sites (N-methyl/N-ethyl adjacent to an activating group) is 2. The lowest BCUT2D eigenvalue weighted by molar-refractivity contribution is -0.144. The average Bonchev–Trinajstić information content (AvgIpc) is 3.33. The van der Waals surface area contributed by atoms with E-state index >= 15 is 0 Å². The van der Waals surface area contributed by atoms with Crippen LogP contribution >= 0.6 is 0 Å². The molecule has 1 aliphatic heterocycles. The largest absolute Gasteiger partial charge is 0.350 e. The molecule has 0 aromatic rings. The summed E-state index contributed by atoms with van der Waals surface area (Å²) in [7, 11) is 0.620. The van der Waals surface area contributed by atoms with Crippen LogP contribution in [0.1, 0.15) is 93.4 Å². The molecule has 3 fully saturated rings. The van der Waals surface area contributed by atoms with Crippen LogP contribution in [0.4, 0.5) is 4.79 Å². The number of amides is 5. The fourth-order valence-corrected chi connectivity index (χ4v) is 8.46. The molecule has 3 aliphatic rings. The van der Waals surface area contributed by atoms with E-state index in [1.54, 1.807) is 11.8 Å². The zero-order valence-electron chi connectivity index (χ0n) is 31.2. The molecule has 0 aromatic heterocycles. The maximum Gasteiger partial charge on any atom is 0.315 e. The summed E-state index contributed by atoms with van der Waals surface area (Å²) >= 11 is 0. The summed E-state index contributed by atoms with van der Waals surface area (Å²) in [4.78, 5) is 69.2. The van der Waals surface area contributed by atoms with Crippen LogP contribution in [0.5, 0.6) is 0 Å². The Balaban J connectivity index is 1.87. The predicted octanol–water partition coefficient (Wildman–Crippen LogP) is 1.86. The number of piperidine rings is 1. The molecule has 4 N–H and O–H groups in total. The van der Waals surface area contributed by atoms with Crippen molar-refractivity contribution in [3.05, 3.63) is 0 Å². The zero-order chi connectivity index (χ0) is 37.1. The molecular weight excluding hydrogens is 650 g/mol. The number of fused-ring (bicyclic) bond motifs is 1. The summed E-state index contributed by atoms with van der Waals surface area (Å²) in [5, 5.41) is 11.2. The average molecular weight is 712 g/mol. The van der Waals surface area contributed by atoms with Crippen LogP contribution in [0.15, 0.2) is 0 Å². The summed E-state index contributed by atoms with van der Waals surface area (Å²) < 4.78 is 27.8. The van der Waals surface area contributed by atoms with E-state index in [1.807, 2.05) is 27.7 Å². The molecule has 0 spiro atoms. The topological polar surface area (TPSA) is 177 Å². The van der Waals surface area contributed by atoms with Gasteiger partial charge in [0.25, 0.3) is 16.1 Å². The first-order chi connectivity index (χ1) is 22.7. The van der Waals surface area contributed by atoms with Gasteiger partial charge in [-0.05, 0) is 54.8 Å². The van der Waals surface area contributed by atoms with E-state index in [0.29, 0.717) is 13.0 Å². The molecule has 1 unspecified atom stereocenters. The van der Waals surface area contributed by atoms with Gasteiger partial charge in [-0.15, -0.1) is 0 Å². The van der Waals surface area contributed by atoms with E-state index < -0.39 is 63.4 Å². The third-order valence-electron chi connectivity index (χ3n) is 10.9. The van der Waals surface area contributed by atoms with E-state index in [4.69, 9.17) is 0 Å². The van der Waals surface area contributed by atoms with Gasteiger partial charge < -0.3 is 26.2 Å². The molecule has 5 amide bonds. The fraction of sp³-hybridized carbons (Fsp3) is 0.853. The van der Waals surface area contributed by atoms with Crippen LogP contribution in [0, 0.1) is 28.6 Å². The molecule has 3 rings (SSSR count). The van der Waals surface area contributed by atoms with Gasteiger partial charge in [-0.25, -0.2) is 4.79 Å². The van der Waals surface area contributed by atoms with Crippen molar-refractivity contribution in [1.82, 2.24) is 34.8 Å². The van der Waals surface area contributed by atoms with Gasteiger partial charge >= 0.3 is 6.03 Å². The highest BCUT2D eigenvalue weighted by Gasteiger charge is 2.69. The van der Waals surface area contributed by atoms with Crippen molar-refractivity contribution in [1.29, 1.82) is 0 Å². The standard InChI is InChI=1S/C34H61N7O7S/c1-11-16-23(28(42)30(44)35-12-2)36-29(43)27-25-22(34(25,6)7)19-41(27)31(45)26(21-17-14-13-15-18-21)38-32(46)37-24(33(3,4)5)20-40(10)49(47,48)39(8)9/h21-27H,11-20H2,1-10H3,(H,35,44)(H,36,43)(H2,37,38,46)/t22-,23?,24+,25-,26-,27-/m0/s1. The van der Waals surface area contributed by atoms with Crippen molar-refractivity contribution >= 4 is 39.7 Å². The van der Waals surface area contributed by atoms with Gasteiger partial charge in [0.15, 0.2) is 0 Å². The number of hydrogen-bond donors (Lipinski definition) is 4. The Hall–Kier alpha value is -2.78. The summed E-state index contributed by atoms with van der Waals surface area (Å²) in [6.45, 7) is 14.1. The molecule has 0 aromatic carbocycles. The molecule has 0 bridgehead atoms. The van der Waals surface area contributed by atoms with E-state index in [2.05, 4.69) is 35.1 Å². The molecule has 6 atom stereocenters. The number of hydrogen-bond acceptors (Lipinski definition) is 7. The number of carbonyl (C=O) groups excluding carboxylic acids is 5. The number of carbonyl (C=O) groups is 5. The van der Waals surface area contributed by atoms with E-state index in [-0.39, 0.29) is 48.6 Å². The lowest BCUT2D eigenvalue weighted by atomic mass is 9.83. The molecule has 49 heavy (non-hydrogen) atoms. The second-order valence-electron chi connectivity index (χ2n) is 15.9. The Kier molecular flexibility index (Phi) is 13.3. The molecule has 1 saturated heterocycles. The monoisotopic (exact) mass is 711 g/mol. The lowest BCUT2D eigenvalue weighted by Crippen LogP contribution is -2.62. The molecular formula is C34H61N7O7S. The number of rotatable bonds is 15. The van der Waals surface area contributed by atoms with Crippen LogP contribution in [0.2, 0.25) is 0 Å². The number of Topliss-reactive ketones (excluding diaryl/α,β-unsaturated/α-hetero) is 1. The predicted molar refractivity (Wildman–Crippen MR) is 187 cm³/mol. The van der Waals surface area contributed by atoms with Crippen LogP contribution < -0.4 is 21.3 Å². The highest BCUT2D eigenvalue weighted by Crippen LogP contribution is 2.65. The Morgan fingerprint density at radius 3 is 2.08 bits per heavy atom. The first-order valence-corrected chi connectivity index (χ1v) is 19.2. The third-order valence-corrected chi connectivity index (χ3v) is 12.7. The minimum Gasteiger partial charge on any atom is -0.350 e. The van der Waals surface area contributed by atoms with E-state index in [1.165, 1.54) is 25.4 Å². The number of nitrogens with zero attached hydrogens (tertiary/aromatic N) is 3. The molecule has 1 heterocycles. The Morgan fingerprint density at radius 1 is 0.939 bits per heavy atom. The Morgan fingerprint density at radius 2 is 1.55 bits per heavy atom. The van der Waals surface area contributed by atoms with Crippen molar-refractivity contribution in [2.75, 3.05) is 40.8 Å². The van der Waals surface area contributed by atoms with E-state index in [0.717, 1.165) is 36.4 Å². The van der Waals surface area contributed by atoms with Crippen molar-refractivity contribution in [2.45, 2.75) is 118 Å². The van der Waals surface area contributed by atoms with Gasteiger partial charge in [0.1, 0.15) is 12.1 Å². The molecule has 15 heteroatoms. The zero-order valence-corrected chi connectivity index (χ0v) is 32.0. The second-order valence-corrected chi connectivity index (χ2v) is 18.2. The maximum atomic E-state index is 14.6. The third kappa shape index (κ3) is 9.32. The van der Waals surface area contributed by atoms with Crippen LogP contribution in [-0.4, -0.2) is 116 Å². The normalized spacial score (nSPS) is 24.1. The quantitative estimate of drug-likeness (QED) is 0.188. The summed E-state index contributed by atoms with van der Waals surface area (Å²) in [5.74, 6) is -2.46. The van der Waals surface area contributed by atoms with Gasteiger partial charge in [-0.2, -0.15) is 17.0 Å². The summed E-state index contributed by atoms with van der Waals surface area (Å²) in [6.07, 6.45) is 5.20. The maximum absolute atomic E-state index is 14.6. The van der Waals surface area contributed by atoms with Crippen LogP contribution in [0.25, 0.3) is 0 Å². The van der Waals surface area contributed by atoms with E-state index in [9.17, 15) is 32.4 Å². The van der Waals surface area contributed by atoms with Gasteiger partial charge in [0.2, 0.25) is 17.6 Å². The first-order valence-electron chi connectivity index (χ1n) is 17.8. The van der Waals surface area contributed by atoms with Gasteiger partial charge in [-0.3, -0.25) is 19.2 Å². The van der Waals surface area contributed by atoms with Crippen molar-refractivity contribution in [3.8, 4) is 0 Å². The molecule has 0 radical (unpaired) electrons. The fourth-order valence-electron chi connectivity index (χ4n) is 7.57. The van der Waals surface area contributed by atoms with Crippen molar-refractivity contribution < 1.29 is 32.4 Å². The van der Waals surface area contributed by atoms with Gasteiger partial charge in [0.05, 0.1) is 6.04 Å². The van der Waals surface area contributed by atoms with Crippen LogP contribution in [0.3, 0.4) is 0 Å². The van der Waals surface area contributed by atoms with Crippen molar-refractivity contribution in [3.63, 3.8) is 0 Å². The lowest BCUT2D eigenvalue weighted by Gasteiger charge is -2.38. The molecule has 2 aliphatic carbocycles. The molecule has 280 valence electrons. The van der Waals surface area contributed by atoms with Gasteiger partial charge in [0, 0.05) is 46.8 Å². The molecule has 2 saturated carbocycles. The highest BCUT2D eigenvalue weighted by atomic mass is 32.2. The number of ketones is 1. The summed E-state index contributed by atoms with van der Waals surface area (Å²) in [5.41, 5.74) is -0.712.